The minimum absolute atomic E-state index is 0.360. The van der Waals surface area contributed by atoms with E-state index in [1.54, 1.807) is 12.1 Å². The summed E-state index contributed by atoms with van der Waals surface area (Å²) in [5.41, 5.74) is -29.1. The summed E-state index contributed by atoms with van der Waals surface area (Å²) in [4.78, 5) is 0.360. The highest BCUT2D eigenvalue weighted by Crippen LogP contribution is 2.41. The van der Waals surface area contributed by atoms with Crippen molar-refractivity contribution in [1.29, 1.82) is 0 Å². The number of hydrogen-bond donors (Lipinski definition) is 0. The zero-order valence-corrected chi connectivity index (χ0v) is 37.0. The highest BCUT2D eigenvalue weighted by atomic mass is 32.2. The minimum Gasteiger partial charge on any atom is -0.224 e. The van der Waals surface area contributed by atoms with E-state index in [0.29, 0.717) is 4.90 Å². The lowest BCUT2D eigenvalue weighted by Crippen LogP contribution is -2.75. The molecule has 74 heavy (non-hydrogen) atoms. The summed E-state index contributed by atoms with van der Waals surface area (Å²) in [5, 5.41) is 0. The molecule has 0 saturated carbocycles. The van der Waals surface area contributed by atoms with Crippen LogP contribution in [0.15, 0.2) is 133 Å². The lowest BCUT2D eigenvalue weighted by atomic mass is 9.12. The number of benzene rings is 5. The van der Waals surface area contributed by atoms with Crippen LogP contribution in [0, 0.1) is 0 Å². The van der Waals surface area contributed by atoms with E-state index >= 15 is 0 Å². The van der Waals surface area contributed by atoms with Crippen molar-refractivity contribution in [3.05, 3.63) is 178 Å². The fourth-order valence-electron chi connectivity index (χ4n) is 7.66. The molecule has 0 amide bonds. The quantitative estimate of drug-likeness (QED) is 0.0908. The van der Waals surface area contributed by atoms with Crippen molar-refractivity contribution < 1.29 is 118 Å². The van der Waals surface area contributed by atoms with Gasteiger partial charge >= 0.3 is 49.4 Å². The van der Waals surface area contributed by atoms with Gasteiger partial charge in [0.1, 0.15) is 6.15 Å². The monoisotopic (exact) mass is 1110 g/mol. The molecular formula is C45H26BF24NO2S. The van der Waals surface area contributed by atoms with Gasteiger partial charge in [-0.05, 0) is 36.4 Å². The van der Waals surface area contributed by atoms with Gasteiger partial charge in [0.05, 0.1) is 49.4 Å². The number of sulfone groups is 1. The van der Waals surface area contributed by atoms with Crippen molar-refractivity contribution >= 4 is 37.8 Å². The molecule has 400 valence electrons. The molecule has 0 aliphatic carbocycles. The lowest BCUT2D eigenvalue weighted by molar-refractivity contribution is -0.688. The van der Waals surface area contributed by atoms with E-state index in [4.69, 9.17) is 0 Å². The van der Waals surface area contributed by atoms with Gasteiger partial charge in [-0.2, -0.15) is 127 Å². The number of halogens is 24. The highest BCUT2D eigenvalue weighted by Gasteiger charge is 2.47. The summed E-state index contributed by atoms with van der Waals surface area (Å²) >= 11 is 0. The van der Waals surface area contributed by atoms with E-state index in [9.17, 15) is 114 Å². The van der Waals surface area contributed by atoms with Gasteiger partial charge in [0, 0.05) is 24.0 Å². The third-order valence-corrected chi connectivity index (χ3v) is 12.1. The third kappa shape index (κ3) is 13.6. The van der Waals surface area contributed by atoms with Crippen molar-refractivity contribution in [2.45, 2.75) is 60.9 Å². The maximum atomic E-state index is 14.2. The Hall–Kier alpha value is -6.42. The van der Waals surface area contributed by atoms with Crippen LogP contribution in [0.4, 0.5) is 105 Å². The second-order valence-corrected chi connectivity index (χ2v) is 18.2. The molecule has 1 aromatic heterocycles. The maximum Gasteiger partial charge on any atom is 0.416 e. The zero-order valence-electron chi connectivity index (χ0n) is 36.2. The standard InChI is InChI=1S/C32H12BF24.C13H14NO2S/c34-25(35,36)13-1-14(26(37,38)39)6-21(5-13)33(22-7-15(27(40,41)42)2-16(8-22)28(43,44)45,23-9-17(29(46,47)48)3-18(10-23)30(49,50)51)24-11-19(31(52,53)54)4-20(12-24)32(55,56)57;1-17(15,16)13-7-5-12(6-8-13)11-14-9-3-2-4-10-14/h1-12H;2-10H,11H2,1H3/q-1;+1. The molecular weight excluding hydrogens is 1090 g/mol. The molecule has 0 bridgehead atoms. The van der Waals surface area contributed by atoms with Gasteiger partial charge in [-0.1, -0.05) is 66.7 Å². The smallest absolute Gasteiger partial charge is 0.224 e. The molecule has 6 rings (SSSR count). The van der Waals surface area contributed by atoms with Crippen molar-refractivity contribution in [1.82, 2.24) is 0 Å². The first-order valence-electron chi connectivity index (χ1n) is 19.9. The molecule has 0 atom stereocenters. The summed E-state index contributed by atoms with van der Waals surface area (Å²) in [7, 11) is -3.10. The van der Waals surface area contributed by atoms with Gasteiger partial charge in [-0.3, -0.25) is 0 Å². The topological polar surface area (TPSA) is 38.0 Å². The van der Waals surface area contributed by atoms with Gasteiger partial charge in [0.15, 0.2) is 28.8 Å². The lowest BCUT2D eigenvalue weighted by Gasteiger charge is -2.46. The van der Waals surface area contributed by atoms with Gasteiger partial charge < -0.3 is 0 Å². The first-order chi connectivity index (χ1) is 33.3. The van der Waals surface area contributed by atoms with Crippen molar-refractivity contribution in [2.24, 2.45) is 0 Å². The van der Waals surface area contributed by atoms with Crippen LogP contribution in [-0.4, -0.2) is 20.8 Å². The molecule has 0 fully saturated rings. The SMILES string of the molecule is CS(=O)(=O)c1ccc(C[n+]2ccccc2)cc1.FC(F)(F)c1cc([B-](c2cc(C(F)(F)F)cc(C(F)(F)F)c2)(c2cc(C(F)(F)F)cc(C(F)(F)F)c2)c2cc(C(F)(F)F)cc(C(F)(F)F)c2)cc(C(F)(F)F)c1. The van der Waals surface area contributed by atoms with Crippen molar-refractivity contribution in [2.75, 3.05) is 6.26 Å². The number of pyridine rings is 1. The second kappa shape index (κ2) is 19.7. The van der Waals surface area contributed by atoms with Crippen LogP contribution >= 0.6 is 0 Å². The van der Waals surface area contributed by atoms with Gasteiger partial charge in [-0.15, -0.1) is 0 Å². The van der Waals surface area contributed by atoms with Crippen LogP contribution in [-0.2, 0) is 65.8 Å². The number of hydrogen-bond acceptors (Lipinski definition) is 2. The number of alkyl halides is 24. The molecule has 0 saturated heterocycles. The summed E-state index contributed by atoms with van der Waals surface area (Å²) in [5.74, 6) is 0. The van der Waals surface area contributed by atoms with Gasteiger partial charge in [0.2, 0.25) is 0 Å². The third-order valence-electron chi connectivity index (χ3n) is 10.9. The van der Waals surface area contributed by atoms with Crippen LogP contribution in [0.2, 0.25) is 0 Å². The fraction of sp³-hybridized carbons (Fsp3) is 0.222. The Morgan fingerprint density at radius 1 is 0.351 bits per heavy atom. The zero-order chi connectivity index (χ0) is 56.2. The summed E-state index contributed by atoms with van der Waals surface area (Å²) < 4.78 is 365. The largest absolute Gasteiger partial charge is 0.416 e. The molecule has 0 aliphatic rings. The van der Waals surface area contributed by atoms with Gasteiger partial charge in [0.25, 0.3) is 0 Å². The van der Waals surface area contributed by atoms with Crippen molar-refractivity contribution in [3.63, 3.8) is 0 Å². The summed E-state index contributed by atoms with van der Waals surface area (Å²) in [6.45, 7) is 0.741. The average molecular weight is 1110 g/mol. The Morgan fingerprint density at radius 2 is 0.568 bits per heavy atom. The fourth-order valence-corrected chi connectivity index (χ4v) is 8.29. The normalized spacial score (nSPS) is 13.6. The molecule has 29 heteroatoms. The van der Waals surface area contributed by atoms with Gasteiger partial charge in [-0.25, -0.2) is 13.0 Å². The van der Waals surface area contributed by atoms with E-state index in [-0.39, 0.29) is 0 Å². The average Bonchev–Trinajstić information content (AvgIpc) is 3.24. The Kier molecular flexibility index (Phi) is 15.6. The Bertz CT molecular complexity index is 2660. The van der Waals surface area contributed by atoms with Crippen LogP contribution in [0.1, 0.15) is 50.1 Å². The van der Waals surface area contributed by atoms with Crippen LogP contribution < -0.4 is 26.4 Å². The molecule has 0 radical (unpaired) electrons. The van der Waals surface area contributed by atoms with Crippen LogP contribution in [0.5, 0.6) is 0 Å². The molecule has 6 aromatic rings. The van der Waals surface area contributed by atoms with Crippen molar-refractivity contribution in [3.8, 4) is 0 Å². The molecule has 1 heterocycles. The van der Waals surface area contributed by atoms with Crippen LogP contribution in [0.25, 0.3) is 0 Å². The first-order valence-corrected chi connectivity index (χ1v) is 21.8. The first kappa shape index (κ1) is 58.5. The summed E-state index contributed by atoms with van der Waals surface area (Å²) in [6, 6.07) is 4.06. The second-order valence-electron chi connectivity index (χ2n) is 16.2. The van der Waals surface area contributed by atoms with Crippen LogP contribution in [0.3, 0.4) is 0 Å². The summed E-state index contributed by atoms with van der Waals surface area (Å²) in [6.07, 6.45) is -49.6. The Labute approximate surface area is 400 Å². The molecule has 5 aromatic carbocycles. The number of rotatable bonds is 7. The van der Waals surface area contributed by atoms with E-state index in [1.165, 1.54) is 6.26 Å². The van der Waals surface area contributed by atoms with E-state index in [0.717, 1.165) is 12.1 Å². The van der Waals surface area contributed by atoms with E-state index in [2.05, 4.69) is 0 Å². The van der Waals surface area contributed by atoms with E-state index < -0.39 is 205 Å². The number of nitrogens with zero attached hydrogens (tertiary/aromatic N) is 1. The predicted molar refractivity (Wildman–Crippen MR) is 215 cm³/mol. The number of aromatic nitrogens is 1. The molecule has 0 N–H and O–H groups in total. The highest BCUT2D eigenvalue weighted by molar-refractivity contribution is 7.90. The molecule has 3 nitrogen and oxygen atoms in total. The maximum absolute atomic E-state index is 14.2. The Balaban J connectivity index is 0.000000500. The predicted octanol–water partition coefficient (Wildman–Crippen LogP) is 12.6. The Morgan fingerprint density at radius 3 is 0.757 bits per heavy atom. The molecule has 0 unspecified atom stereocenters. The minimum atomic E-state index is -6.13. The molecule has 0 spiro atoms. The molecule has 0 aliphatic heterocycles. The van der Waals surface area contributed by atoms with E-state index in [1.807, 2.05) is 47.3 Å².